The molecule has 1 saturated heterocycles. The Balaban J connectivity index is 2.19. The van der Waals surface area contributed by atoms with Gasteiger partial charge in [-0.2, -0.15) is 5.10 Å². The van der Waals surface area contributed by atoms with Crippen LogP contribution in [0.15, 0.2) is 12.4 Å². The molecule has 0 aliphatic carbocycles. The Morgan fingerprint density at radius 1 is 1.60 bits per heavy atom. The summed E-state index contributed by atoms with van der Waals surface area (Å²) in [6.07, 6.45) is 4.25. The van der Waals surface area contributed by atoms with Crippen molar-refractivity contribution in [1.29, 1.82) is 0 Å². The third kappa shape index (κ3) is 2.07. The summed E-state index contributed by atoms with van der Waals surface area (Å²) in [6.45, 7) is 4.87. The van der Waals surface area contributed by atoms with Gasteiger partial charge in [-0.1, -0.05) is 15.9 Å². The lowest BCUT2D eigenvalue weighted by atomic mass is 10.4. The third-order valence-corrected chi connectivity index (χ3v) is 3.12. The summed E-state index contributed by atoms with van der Waals surface area (Å²) < 4.78 is 1.87. The van der Waals surface area contributed by atoms with E-state index >= 15 is 0 Å². The van der Waals surface area contributed by atoms with Crippen LogP contribution in [0.3, 0.4) is 0 Å². The van der Waals surface area contributed by atoms with E-state index in [4.69, 9.17) is 0 Å². The summed E-state index contributed by atoms with van der Waals surface area (Å²) in [5.41, 5.74) is 0.899. The highest BCUT2D eigenvalue weighted by Crippen LogP contribution is 2.25. The second-order valence-corrected chi connectivity index (χ2v) is 5.37. The molecule has 82 valence electrons. The van der Waals surface area contributed by atoms with Gasteiger partial charge in [0.15, 0.2) is 0 Å². The van der Waals surface area contributed by atoms with Crippen LogP contribution in [0.1, 0.15) is 26.3 Å². The molecule has 2 rings (SSSR count). The zero-order chi connectivity index (χ0) is 11.0. The molecule has 15 heavy (non-hydrogen) atoms. The quantitative estimate of drug-likeness (QED) is 0.772. The predicted octanol–water partition coefficient (Wildman–Crippen LogP) is 1.96. The van der Waals surface area contributed by atoms with E-state index in [1.165, 1.54) is 0 Å². The fourth-order valence-corrected chi connectivity index (χ4v) is 2.23. The highest BCUT2D eigenvalue weighted by atomic mass is 79.9. The van der Waals surface area contributed by atoms with Gasteiger partial charge in [0.05, 0.1) is 11.9 Å². The first kappa shape index (κ1) is 10.7. The molecule has 0 bridgehead atoms. The number of hydrogen-bond donors (Lipinski definition) is 0. The minimum absolute atomic E-state index is 0.167. The molecule has 1 aromatic rings. The van der Waals surface area contributed by atoms with Gasteiger partial charge < -0.3 is 4.90 Å². The lowest BCUT2D eigenvalue weighted by Gasteiger charge is -2.12. The predicted molar refractivity (Wildman–Crippen MR) is 62.3 cm³/mol. The molecular formula is C10H14BrN3O. The number of halogens is 1. The fraction of sp³-hybridized carbons (Fsp3) is 0.600. The number of carbonyl (C=O) groups is 1. The minimum Gasteiger partial charge on any atom is -0.308 e. The normalized spacial score (nSPS) is 21.7. The molecule has 1 unspecified atom stereocenters. The summed E-state index contributed by atoms with van der Waals surface area (Å²) >= 11 is 3.46. The molecule has 0 radical (unpaired) electrons. The van der Waals surface area contributed by atoms with Gasteiger partial charge in [0.2, 0.25) is 5.91 Å². The molecule has 1 aliphatic rings. The van der Waals surface area contributed by atoms with Gasteiger partial charge in [-0.05, 0) is 13.8 Å². The smallest absolute Gasteiger partial charge is 0.228 e. The number of nitrogens with zero attached hydrogens (tertiary/aromatic N) is 3. The van der Waals surface area contributed by atoms with Crippen LogP contribution in [0.5, 0.6) is 0 Å². The summed E-state index contributed by atoms with van der Waals surface area (Å²) in [7, 11) is 0. The van der Waals surface area contributed by atoms with E-state index < -0.39 is 0 Å². The Morgan fingerprint density at radius 2 is 2.33 bits per heavy atom. The first-order valence-corrected chi connectivity index (χ1v) is 5.98. The largest absolute Gasteiger partial charge is 0.308 e. The lowest BCUT2D eigenvalue weighted by Crippen LogP contribution is -2.24. The number of carbonyl (C=O) groups excluding carboxylic acids is 1. The summed E-state index contributed by atoms with van der Waals surface area (Å²) in [4.78, 5) is 13.7. The number of alkyl halides is 1. The average Bonchev–Trinajstić information content (AvgIpc) is 2.71. The van der Waals surface area contributed by atoms with Crippen molar-refractivity contribution in [3.05, 3.63) is 12.4 Å². The van der Waals surface area contributed by atoms with Crippen LogP contribution in [0.4, 0.5) is 5.69 Å². The van der Waals surface area contributed by atoms with Crippen molar-refractivity contribution in [3.8, 4) is 0 Å². The van der Waals surface area contributed by atoms with Crippen molar-refractivity contribution in [3.63, 3.8) is 0 Å². The number of amides is 1. The van der Waals surface area contributed by atoms with Crippen molar-refractivity contribution in [2.24, 2.45) is 0 Å². The van der Waals surface area contributed by atoms with E-state index in [-0.39, 0.29) is 10.7 Å². The van der Waals surface area contributed by atoms with Crippen LogP contribution in [0.2, 0.25) is 0 Å². The zero-order valence-electron chi connectivity index (χ0n) is 8.85. The topological polar surface area (TPSA) is 38.1 Å². The van der Waals surface area contributed by atoms with Crippen LogP contribution in [-0.2, 0) is 4.79 Å². The van der Waals surface area contributed by atoms with Crippen molar-refractivity contribution >= 4 is 27.5 Å². The highest BCUT2D eigenvalue weighted by molar-refractivity contribution is 9.09. The van der Waals surface area contributed by atoms with Crippen LogP contribution in [-0.4, -0.2) is 27.1 Å². The third-order valence-electron chi connectivity index (χ3n) is 2.51. The maximum absolute atomic E-state index is 11.6. The first-order chi connectivity index (χ1) is 7.08. The van der Waals surface area contributed by atoms with E-state index in [1.54, 1.807) is 11.1 Å². The molecule has 0 aromatic carbocycles. The van der Waals surface area contributed by atoms with Crippen LogP contribution in [0.25, 0.3) is 0 Å². The highest BCUT2D eigenvalue weighted by Gasteiger charge is 2.29. The summed E-state index contributed by atoms with van der Waals surface area (Å²) in [6, 6.07) is 0.330. The molecule has 1 amide bonds. The number of aromatic nitrogens is 2. The fourth-order valence-electron chi connectivity index (χ4n) is 1.66. The molecule has 0 N–H and O–H groups in total. The maximum Gasteiger partial charge on any atom is 0.228 e. The number of hydrogen-bond acceptors (Lipinski definition) is 2. The van der Waals surface area contributed by atoms with E-state index in [2.05, 4.69) is 34.9 Å². The monoisotopic (exact) mass is 271 g/mol. The van der Waals surface area contributed by atoms with Crippen LogP contribution in [0, 0.1) is 0 Å². The lowest BCUT2D eigenvalue weighted by molar-refractivity contribution is -0.117. The molecular weight excluding hydrogens is 258 g/mol. The van der Waals surface area contributed by atoms with Crippen LogP contribution < -0.4 is 4.90 Å². The van der Waals surface area contributed by atoms with E-state index in [0.717, 1.165) is 12.2 Å². The number of rotatable bonds is 2. The maximum atomic E-state index is 11.6. The van der Waals surface area contributed by atoms with Crippen molar-refractivity contribution in [2.45, 2.75) is 31.1 Å². The second kappa shape index (κ2) is 3.96. The van der Waals surface area contributed by atoms with Gasteiger partial charge in [0.1, 0.15) is 0 Å². The summed E-state index contributed by atoms with van der Waals surface area (Å²) in [5.74, 6) is 0.167. The number of anilines is 1. The second-order valence-electron chi connectivity index (χ2n) is 4.08. The Labute approximate surface area is 97.4 Å². The van der Waals surface area contributed by atoms with Crippen molar-refractivity contribution in [2.75, 3.05) is 11.4 Å². The van der Waals surface area contributed by atoms with E-state index in [9.17, 15) is 4.79 Å². The molecule has 0 saturated carbocycles. The zero-order valence-corrected chi connectivity index (χ0v) is 10.4. The van der Waals surface area contributed by atoms with Gasteiger partial charge in [-0.3, -0.25) is 9.48 Å². The van der Waals surface area contributed by atoms with Crippen molar-refractivity contribution < 1.29 is 4.79 Å². The molecule has 4 nitrogen and oxygen atoms in total. The van der Waals surface area contributed by atoms with Gasteiger partial charge >= 0.3 is 0 Å². The molecule has 2 heterocycles. The van der Waals surface area contributed by atoms with Gasteiger partial charge in [0, 0.05) is 30.0 Å². The Hall–Kier alpha value is -0.840. The Bertz CT molecular complexity index is 374. The Morgan fingerprint density at radius 3 is 2.80 bits per heavy atom. The van der Waals surface area contributed by atoms with Crippen LogP contribution >= 0.6 is 15.9 Å². The molecule has 1 fully saturated rings. The van der Waals surface area contributed by atoms with Gasteiger partial charge in [-0.15, -0.1) is 0 Å². The molecule has 0 spiro atoms. The Kier molecular flexibility index (Phi) is 2.82. The molecule has 5 heteroatoms. The van der Waals surface area contributed by atoms with Crippen molar-refractivity contribution in [1.82, 2.24) is 9.78 Å². The standard InChI is InChI=1S/C10H14BrN3O/c1-7(2)14-6-9(4-12-14)13-5-8(11)3-10(13)15/h4,6-8H,3,5H2,1-2H3. The molecule has 1 atom stereocenters. The van der Waals surface area contributed by atoms with Gasteiger partial charge in [-0.25, -0.2) is 0 Å². The SMILES string of the molecule is CC(C)n1cc(N2CC(Br)CC2=O)cn1. The van der Waals surface area contributed by atoms with Gasteiger partial charge in [0.25, 0.3) is 0 Å². The molecule has 1 aliphatic heterocycles. The summed E-state index contributed by atoms with van der Waals surface area (Å²) in [5, 5.41) is 4.23. The molecule has 1 aromatic heterocycles. The van der Waals surface area contributed by atoms with E-state index in [0.29, 0.717) is 12.5 Å². The van der Waals surface area contributed by atoms with E-state index in [1.807, 2.05) is 10.9 Å². The first-order valence-electron chi connectivity index (χ1n) is 5.06. The minimum atomic E-state index is 0.167. The average molecular weight is 272 g/mol.